The number of allylic oxidation sites excluding steroid dienone is 4. The third kappa shape index (κ3) is 58.8. The molecule has 1 atom stereocenters. The highest BCUT2D eigenvalue weighted by atomic mass is 16.6. The largest absolute Gasteiger partial charge is 0.462 e. The summed E-state index contributed by atoms with van der Waals surface area (Å²) in [5.74, 6) is -0.842. The maximum Gasteiger partial charge on any atom is 0.306 e. The Labute approximate surface area is 449 Å². The van der Waals surface area contributed by atoms with Crippen molar-refractivity contribution in [3.63, 3.8) is 0 Å². The van der Waals surface area contributed by atoms with E-state index < -0.39 is 6.10 Å². The van der Waals surface area contributed by atoms with Gasteiger partial charge in [-0.2, -0.15) is 0 Å². The first-order chi connectivity index (χ1) is 35.5. The third-order valence-corrected chi connectivity index (χ3v) is 14.7. The van der Waals surface area contributed by atoms with Crippen LogP contribution in [0.2, 0.25) is 0 Å². The Bertz CT molecular complexity index is 1160. The Morgan fingerprint density at radius 3 is 0.764 bits per heavy atom. The highest BCUT2D eigenvalue weighted by Gasteiger charge is 2.19. The number of hydrogen-bond donors (Lipinski definition) is 0. The molecule has 0 aromatic rings. The summed E-state index contributed by atoms with van der Waals surface area (Å²) in [5, 5.41) is 0. The van der Waals surface area contributed by atoms with Gasteiger partial charge in [-0.15, -0.1) is 0 Å². The van der Waals surface area contributed by atoms with Crippen LogP contribution in [-0.4, -0.2) is 37.2 Å². The van der Waals surface area contributed by atoms with E-state index in [1.807, 2.05) is 0 Å². The predicted molar refractivity (Wildman–Crippen MR) is 312 cm³/mol. The molecule has 0 saturated carbocycles. The number of unbranched alkanes of at least 4 members (excludes halogenated alkanes) is 45. The Morgan fingerprint density at radius 1 is 0.278 bits per heavy atom. The summed E-state index contributed by atoms with van der Waals surface area (Å²) in [5.41, 5.74) is 0. The van der Waals surface area contributed by atoms with Gasteiger partial charge >= 0.3 is 17.9 Å². The lowest BCUT2D eigenvalue weighted by molar-refractivity contribution is -0.167. The predicted octanol–water partition coefficient (Wildman–Crippen LogP) is 21.8. The zero-order valence-electron chi connectivity index (χ0n) is 48.7. The Hall–Kier alpha value is -2.11. The van der Waals surface area contributed by atoms with Crippen LogP contribution in [0.25, 0.3) is 0 Å². The molecule has 0 aromatic carbocycles. The first-order valence-corrected chi connectivity index (χ1v) is 32.3. The van der Waals surface area contributed by atoms with E-state index in [-0.39, 0.29) is 31.1 Å². The minimum atomic E-state index is -0.768. The van der Waals surface area contributed by atoms with Gasteiger partial charge in [0, 0.05) is 19.3 Å². The van der Waals surface area contributed by atoms with E-state index >= 15 is 0 Å². The van der Waals surface area contributed by atoms with Gasteiger partial charge < -0.3 is 14.2 Å². The van der Waals surface area contributed by atoms with Gasteiger partial charge in [0.1, 0.15) is 13.2 Å². The first-order valence-electron chi connectivity index (χ1n) is 32.3. The molecule has 0 aliphatic heterocycles. The van der Waals surface area contributed by atoms with Gasteiger partial charge in [-0.05, 0) is 51.4 Å². The molecule has 0 amide bonds. The van der Waals surface area contributed by atoms with Crippen molar-refractivity contribution in [1.29, 1.82) is 0 Å². The van der Waals surface area contributed by atoms with Crippen molar-refractivity contribution < 1.29 is 28.6 Å². The quantitative estimate of drug-likeness (QED) is 0.0261. The van der Waals surface area contributed by atoms with E-state index in [4.69, 9.17) is 14.2 Å². The normalized spacial score (nSPS) is 12.1. The van der Waals surface area contributed by atoms with Crippen LogP contribution in [0.1, 0.15) is 361 Å². The molecule has 0 bridgehead atoms. The molecular weight excluding hydrogens is 889 g/mol. The molecule has 0 aliphatic carbocycles. The second-order valence-corrected chi connectivity index (χ2v) is 22.0. The number of hydrogen-bond acceptors (Lipinski definition) is 6. The number of esters is 3. The average molecular weight is 1010 g/mol. The van der Waals surface area contributed by atoms with Crippen LogP contribution in [0.4, 0.5) is 0 Å². The number of ether oxygens (including phenoxy) is 3. The Balaban J connectivity index is 4.28. The molecular formula is C66H124O6. The zero-order valence-corrected chi connectivity index (χ0v) is 48.7. The van der Waals surface area contributed by atoms with E-state index in [9.17, 15) is 14.4 Å². The molecule has 6 nitrogen and oxygen atoms in total. The van der Waals surface area contributed by atoms with Crippen molar-refractivity contribution in [3.05, 3.63) is 24.3 Å². The van der Waals surface area contributed by atoms with Gasteiger partial charge in [0.2, 0.25) is 0 Å². The van der Waals surface area contributed by atoms with Crippen molar-refractivity contribution in [2.45, 2.75) is 367 Å². The van der Waals surface area contributed by atoms with Gasteiger partial charge in [-0.25, -0.2) is 0 Å². The zero-order chi connectivity index (χ0) is 52.2. The van der Waals surface area contributed by atoms with Gasteiger partial charge in [-0.1, -0.05) is 315 Å². The van der Waals surface area contributed by atoms with Crippen molar-refractivity contribution in [1.82, 2.24) is 0 Å². The van der Waals surface area contributed by atoms with Crippen LogP contribution in [-0.2, 0) is 28.6 Å². The number of rotatable bonds is 60. The molecule has 424 valence electrons. The monoisotopic (exact) mass is 1010 g/mol. The van der Waals surface area contributed by atoms with E-state index in [1.54, 1.807) is 0 Å². The lowest BCUT2D eigenvalue weighted by Crippen LogP contribution is -2.30. The third-order valence-electron chi connectivity index (χ3n) is 14.7. The van der Waals surface area contributed by atoms with Crippen LogP contribution >= 0.6 is 0 Å². The van der Waals surface area contributed by atoms with E-state index in [1.165, 1.54) is 257 Å². The van der Waals surface area contributed by atoms with Crippen LogP contribution < -0.4 is 0 Å². The SMILES string of the molecule is CCCCCCC/C=C\C/C=C\CCCCCCCCCCCC(=O)OCC(COC(=O)CCCCCCCCCCCCCCC)OC(=O)CCCCCCCCCCCCCCCCCCCCCC. The molecule has 0 aromatic heterocycles. The van der Waals surface area contributed by atoms with Crippen LogP contribution in [0.5, 0.6) is 0 Å². The van der Waals surface area contributed by atoms with Crippen molar-refractivity contribution >= 4 is 17.9 Å². The summed E-state index contributed by atoms with van der Waals surface area (Å²) in [6.45, 7) is 6.70. The summed E-state index contributed by atoms with van der Waals surface area (Å²) in [6, 6.07) is 0. The highest BCUT2D eigenvalue weighted by Crippen LogP contribution is 2.18. The van der Waals surface area contributed by atoms with Gasteiger partial charge in [0.25, 0.3) is 0 Å². The topological polar surface area (TPSA) is 78.9 Å². The van der Waals surface area contributed by atoms with Crippen LogP contribution in [0.3, 0.4) is 0 Å². The fourth-order valence-corrected chi connectivity index (χ4v) is 9.83. The smallest absolute Gasteiger partial charge is 0.306 e. The molecule has 0 radical (unpaired) electrons. The van der Waals surface area contributed by atoms with E-state index in [0.29, 0.717) is 19.3 Å². The molecule has 0 aliphatic rings. The second kappa shape index (κ2) is 61.4. The lowest BCUT2D eigenvalue weighted by Gasteiger charge is -2.18. The Morgan fingerprint density at radius 2 is 0.500 bits per heavy atom. The number of carbonyl (C=O) groups is 3. The van der Waals surface area contributed by atoms with Crippen molar-refractivity contribution in [2.75, 3.05) is 13.2 Å². The fourth-order valence-electron chi connectivity index (χ4n) is 9.83. The summed E-state index contributed by atoms with van der Waals surface area (Å²) in [4.78, 5) is 38.3. The van der Waals surface area contributed by atoms with E-state index in [0.717, 1.165) is 64.2 Å². The summed E-state index contributed by atoms with van der Waals surface area (Å²) < 4.78 is 16.9. The van der Waals surface area contributed by atoms with Crippen LogP contribution in [0.15, 0.2) is 24.3 Å². The minimum Gasteiger partial charge on any atom is -0.462 e. The van der Waals surface area contributed by atoms with Gasteiger partial charge in [0.15, 0.2) is 6.10 Å². The molecule has 1 unspecified atom stereocenters. The average Bonchev–Trinajstić information content (AvgIpc) is 3.38. The molecule has 0 fully saturated rings. The molecule has 0 spiro atoms. The first kappa shape index (κ1) is 69.9. The minimum absolute atomic E-state index is 0.0663. The maximum absolute atomic E-state index is 12.9. The van der Waals surface area contributed by atoms with Gasteiger partial charge in [-0.3, -0.25) is 14.4 Å². The molecule has 72 heavy (non-hydrogen) atoms. The van der Waals surface area contributed by atoms with Crippen molar-refractivity contribution in [3.8, 4) is 0 Å². The molecule has 0 N–H and O–H groups in total. The summed E-state index contributed by atoms with van der Waals surface area (Å²) in [6.07, 6.45) is 73.2. The van der Waals surface area contributed by atoms with Crippen LogP contribution in [0, 0.1) is 0 Å². The summed E-state index contributed by atoms with van der Waals surface area (Å²) >= 11 is 0. The Kier molecular flexibility index (Phi) is 59.6. The molecule has 0 heterocycles. The van der Waals surface area contributed by atoms with E-state index in [2.05, 4.69) is 45.1 Å². The van der Waals surface area contributed by atoms with Crippen molar-refractivity contribution in [2.24, 2.45) is 0 Å². The standard InChI is InChI=1S/C66H124O6/c1-4-7-10-13-16-19-22-25-27-29-31-33-35-36-38-41-44-47-50-53-56-59-65(68)71-62-63(61-70-64(67)58-55-52-49-46-43-40-24-21-18-15-12-9-6-3)72-66(69)60-57-54-51-48-45-42-39-37-34-32-30-28-26-23-20-17-14-11-8-5-2/h22,25,29,31,63H,4-21,23-24,26-28,30,32-62H2,1-3H3/b25-22-,31-29-. The molecule has 0 rings (SSSR count). The molecule has 6 heteroatoms. The molecule has 0 saturated heterocycles. The van der Waals surface area contributed by atoms with Gasteiger partial charge in [0.05, 0.1) is 0 Å². The highest BCUT2D eigenvalue weighted by molar-refractivity contribution is 5.71. The second-order valence-electron chi connectivity index (χ2n) is 22.0. The fraction of sp³-hybridized carbons (Fsp3) is 0.894. The lowest BCUT2D eigenvalue weighted by atomic mass is 10.0. The maximum atomic E-state index is 12.9. The number of carbonyl (C=O) groups excluding carboxylic acids is 3. The summed E-state index contributed by atoms with van der Waals surface area (Å²) in [7, 11) is 0.